The molecular formula is C13H12O2S. The number of rotatable bonds is 2. The minimum atomic E-state index is -0.981. The number of carboxylic acid groups (broad SMARTS) is 1. The fraction of sp³-hybridized carbons (Fsp3) is 0. The van der Waals surface area contributed by atoms with Crippen molar-refractivity contribution in [3.05, 3.63) is 60.5 Å². The van der Waals surface area contributed by atoms with Crippen LogP contribution in [0.2, 0.25) is 0 Å². The molecule has 0 saturated carbocycles. The van der Waals surface area contributed by atoms with Gasteiger partial charge in [0, 0.05) is 11.0 Å². The zero-order valence-electron chi connectivity index (χ0n) is 8.67. The zero-order chi connectivity index (χ0) is 11.8. The van der Waals surface area contributed by atoms with Crippen molar-refractivity contribution in [2.45, 2.75) is 0 Å². The fourth-order valence-corrected chi connectivity index (χ4v) is 1.78. The van der Waals surface area contributed by atoms with E-state index in [2.05, 4.69) is 48.4 Å². The van der Waals surface area contributed by atoms with Crippen LogP contribution in [-0.4, -0.2) is 11.1 Å². The number of aliphatic carboxylic acids is 1. The second-order valence-electron chi connectivity index (χ2n) is 2.89. The molecule has 1 heterocycles. The van der Waals surface area contributed by atoms with Crippen LogP contribution in [0.5, 0.6) is 0 Å². The lowest BCUT2D eigenvalue weighted by molar-refractivity contribution is -0.131. The van der Waals surface area contributed by atoms with E-state index in [0.29, 0.717) is 0 Å². The average molecular weight is 232 g/mol. The minimum absolute atomic E-state index is 0.833. The standard InChI is InChI=1S/C10H8S.C3H4O2/c1-2-5-9(6-3-1)10-7-4-8-11-10;1-2-3(4)5/h1-8H;2H,1H2,(H,4,5). The number of carbonyl (C=O) groups is 1. The van der Waals surface area contributed by atoms with Gasteiger partial charge in [-0.25, -0.2) is 4.79 Å². The van der Waals surface area contributed by atoms with E-state index in [4.69, 9.17) is 5.11 Å². The summed E-state index contributed by atoms with van der Waals surface area (Å²) in [5.41, 5.74) is 1.31. The Kier molecular flexibility index (Phi) is 5.02. The van der Waals surface area contributed by atoms with Crippen molar-refractivity contribution < 1.29 is 9.90 Å². The third kappa shape index (κ3) is 4.11. The fourth-order valence-electron chi connectivity index (χ4n) is 1.05. The highest BCUT2D eigenvalue weighted by atomic mass is 32.1. The topological polar surface area (TPSA) is 37.3 Å². The highest BCUT2D eigenvalue weighted by molar-refractivity contribution is 7.13. The molecule has 0 saturated heterocycles. The van der Waals surface area contributed by atoms with Gasteiger partial charge in [-0.3, -0.25) is 0 Å². The summed E-state index contributed by atoms with van der Waals surface area (Å²) in [7, 11) is 0. The number of benzene rings is 1. The maximum Gasteiger partial charge on any atom is 0.327 e. The molecule has 82 valence electrons. The molecular weight excluding hydrogens is 220 g/mol. The molecule has 0 unspecified atom stereocenters. The van der Waals surface area contributed by atoms with Gasteiger partial charge in [0.25, 0.3) is 0 Å². The SMILES string of the molecule is C=CC(=O)O.c1ccc(-c2cccs2)cc1. The number of carboxylic acids is 1. The van der Waals surface area contributed by atoms with E-state index in [1.54, 1.807) is 11.3 Å². The van der Waals surface area contributed by atoms with Gasteiger partial charge in [0.1, 0.15) is 0 Å². The Hall–Kier alpha value is -1.87. The van der Waals surface area contributed by atoms with Gasteiger partial charge in [-0.15, -0.1) is 11.3 Å². The smallest absolute Gasteiger partial charge is 0.327 e. The lowest BCUT2D eigenvalue weighted by Crippen LogP contribution is -1.82. The van der Waals surface area contributed by atoms with Crippen molar-refractivity contribution in [3.63, 3.8) is 0 Å². The van der Waals surface area contributed by atoms with E-state index >= 15 is 0 Å². The predicted molar refractivity (Wildman–Crippen MR) is 67.6 cm³/mol. The Morgan fingerprint density at radius 1 is 1.19 bits per heavy atom. The summed E-state index contributed by atoms with van der Waals surface area (Å²) in [6.07, 6.45) is 0.833. The first-order chi connectivity index (χ1) is 7.74. The van der Waals surface area contributed by atoms with Gasteiger partial charge >= 0.3 is 5.97 Å². The molecule has 1 N–H and O–H groups in total. The normalized spacial score (nSPS) is 8.75. The molecule has 0 aliphatic heterocycles. The van der Waals surface area contributed by atoms with Gasteiger partial charge < -0.3 is 5.11 Å². The Bertz CT molecular complexity index is 432. The molecule has 1 aromatic heterocycles. The Balaban J connectivity index is 0.000000221. The number of hydrogen-bond acceptors (Lipinski definition) is 2. The van der Waals surface area contributed by atoms with Crippen LogP contribution in [0.25, 0.3) is 10.4 Å². The summed E-state index contributed by atoms with van der Waals surface area (Å²) in [5.74, 6) is -0.981. The van der Waals surface area contributed by atoms with Gasteiger partial charge in [0.05, 0.1) is 0 Å². The summed E-state index contributed by atoms with van der Waals surface area (Å²) < 4.78 is 0. The molecule has 0 radical (unpaired) electrons. The van der Waals surface area contributed by atoms with Crippen LogP contribution in [0.3, 0.4) is 0 Å². The van der Waals surface area contributed by atoms with Gasteiger partial charge in [-0.1, -0.05) is 43.0 Å². The van der Waals surface area contributed by atoms with Crippen molar-refractivity contribution in [1.29, 1.82) is 0 Å². The van der Waals surface area contributed by atoms with Gasteiger partial charge in [-0.05, 0) is 17.0 Å². The Morgan fingerprint density at radius 3 is 2.25 bits per heavy atom. The Labute approximate surface area is 98.5 Å². The van der Waals surface area contributed by atoms with Gasteiger partial charge in [-0.2, -0.15) is 0 Å². The van der Waals surface area contributed by atoms with Crippen LogP contribution in [0.4, 0.5) is 0 Å². The van der Waals surface area contributed by atoms with Crippen molar-refractivity contribution in [2.24, 2.45) is 0 Å². The number of hydrogen-bond donors (Lipinski definition) is 1. The second kappa shape index (κ2) is 6.58. The van der Waals surface area contributed by atoms with Crippen molar-refractivity contribution in [3.8, 4) is 10.4 Å². The molecule has 0 bridgehead atoms. The van der Waals surface area contributed by atoms with Crippen molar-refractivity contribution >= 4 is 17.3 Å². The molecule has 2 rings (SSSR count). The first-order valence-corrected chi connectivity index (χ1v) is 5.56. The van der Waals surface area contributed by atoms with E-state index in [-0.39, 0.29) is 0 Å². The van der Waals surface area contributed by atoms with E-state index in [9.17, 15) is 4.79 Å². The summed E-state index contributed by atoms with van der Waals surface area (Å²) >= 11 is 1.78. The molecule has 0 aliphatic rings. The van der Waals surface area contributed by atoms with E-state index in [1.807, 2.05) is 6.07 Å². The molecule has 0 spiro atoms. The Morgan fingerprint density at radius 2 is 1.81 bits per heavy atom. The monoisotopic (exact) mass is 232 g/mol. The second-order valence-corrected chi connectivity index (χ2v) is 3.83. The minimum Gasteiger partial charge on any atom is -0.478 e. The third-order valence-electron chi connectivity index (χ3n) is 1.75. The van der Waals surface area contributed by atoms with Crippen LogP contribution in [0.1, 0.15) is 0 Å². The highest BCUT2D eigenvalue weighted by Crippen LogP contribution is 2.23. The van der Waals surface area contributed by atoms with Gasteiger partial charge in [0.2, 0.25) is 0 Å². The molecule has 3 heteroatoms. The molecule has 2 aromatic rings. The van der Waals surface area contributed by atoms with E-state index < -0.39 is 5.97 Å². The first kappa shape index (κ1) is 12.2. The molecule has 1 aromatic carbocycles. The largest absolute Gasteiger partial charge is 0.478 e. The molecule has 2 nitrogen and oxygen atoms in total. The summed E-state index contributed by atoms with van der Waals surface area (Å²) in [4.78, 5) is 10.6. The van der Waals surface area contributed by atoms with Crippen molar-refractivity contribution in [1.82, 2.24) is 0 Å². The van der Waals surface area contributed by atoms with Crippen LogP contribution in [-0.2, 0) is 4.79 Å². The quantitative estimate of drug-likeness (QED) is 0.802. The number of thiophene rings is 1. The molecule has 0 amide bonds. The summed E-state index contributed by atoms with van der Waals surface area (Å²) in [5, 5.41) is 9.70. The zero-order valence-corrected chi connectivity index (χ0v) is 9.48. The molecule has 16 heavy (non-hydrogen) atoms. The highest BCUT2D eigenvalue weighted by Gasteiger charge is 1.93. The van der Waals surface area contributed by atoms with Crippen LogP contribution >= 0.6 is 11.3 Å². The van der Waals surface area contributed by atoms with Crippen LogP contribution in [0.15, 0.2) is 60.5 Å². The van der Waals surface area contributed by atoms with E-state index in [0.717, 1.165) is 6.08 Å². The molecule has 0 atom stereocenters. The van der Waals surface area contributed by atoms with Gasteiger partial charge in [0.15, 0.2) is 0 Å². The molecule has 0 fully saturated rings. The molecule has 0 aliphatic carbocycles. The lowest BCUT2D eigenvalue weighted by Gasteiger charge is -1.93. The predicted octanol–water partition coefficient (Wildman–Crippen LogP) is 3.67. The third-order valence-corrected chi connectivity index (χ3v) is 2.67. The summed E-state index contributed by atoms with van der Waals surface area (Å²) in [6.45, 7) is 2.96. The lowest BCUT2D eigenvalue weighted by atomic mass is 10.2. The summed E-state index contributed by atoms with van der Waals surface area (Å²) in [6, 6.07) is 14.6. The maximum absolute atomic E-state index is 9.25. The van der Waals surface area contributed by atoms with Crippen LogP contribution < -0.4 is 0 Å². The average Bonchev–Trinajstić information content (AvgIpc) is 2.84. The van der Waals surface area contributed by atoms with Crippen molar-refractivity contribution in [2.75, 3.05) is 0 Å². The van der Waals surface area contributed by atoms with Crippen LogP contribution in [0, 0.1) is 0 Å². The first-order valence-electron chi connectivity index (χ1n) is 4.68. The maximum atomic E-state index is 9.25. The van der Waals surface area contributed by atoms with E-state index in [1.165, 1.54) is 10.4 Å².